The van der Waals surface area contributed by atoms with Crippen LogP contribution in [0.2, 0.25) is 10.0 Å². The summed E-state index contributed by atoms with van der Waals surface area (Å²) in [6.07, 6.45) is 0. The highest BCUT2D eigenvalue weighted by molar-refractivity contribution is 6.36. The van der Waals surface area contributed by atoms with Crippen LogP contribution in [0.5, 0.6) is 11.6 Å². The maximum Gasteiger partial charge on any atom is 0.311 e. The molecular weight excluding hydrogens is 317 g/mol. The van der Waals surface area contributed by atoms with Crippen molar-refractivity contribution in [1.82, 2.24) is 4.98 Å². The van der Waals surface area contributed by atoms with Gasteiger partial charge in [-0.2, -0.15) is 4.98 Å². The van der Waals surface area contributed by atoms with Gasteiger partial charge in [-0.1, -0.05) is 35.3 Å². The maximum atomic E-state index is 11.0. The van der Waals surface area contributed by atoms with E-state index in [4.69, 9.17) is 27.9 Å². The fraction of sp³-hybridized carbons (Fsp3) is 0.154. The Kier molecular flexibility index (Phi) is 4.82. The minimum Gasteiger partial charge on any atom is -0.430 e. The number of aromatic nitrogens is 1. The van der Waals surface area contributed by atoms with E-state index in [-0.39, 0.29) is 22.3 Å². The maximum absolute atomic E-state index is 11.0. The van der Waals surface area contributed by atoms with Gasteiger partial charge in [0, 0.05) is 12.6 Å². The van der Waals surface area contributed by atoms with Gasteiger partial charge in [-0.3, -0.25) is 10.1 Å². The summed E-state index contributed by atoms with van der Waals surface area (Å²) in [7, 11) is 0. The largest absolute Gasteiger partial charge is 0.430 e. The van der Waals surface area contributed by atoms with Gasteiger partial charge < -0.3 is 10.1 Å². The number of nitro groups is 1. The Bertz CT molecular complexity index is 680. The first-order valence-corrected chi connectivity index (χ1v) is 6.79. The third-order valence-electron chi connectivity index (χ3n) is 2.51. The minimum absolute atomic E-state index is 0.0475. The zero-order chi connectivity index (χ0) is 15.4. The lowest BCUT2D eigenvalue weighted by atomic mass is 10.3. The number of rotatable bonds is 5. The van der Waals surface area contributed by atoms with Gasteiger partial charge >= 0.3 is 5.69 Å². The molecule has 8 heteroatoms. The van der Waals surface area contributed by atoms with E-state index in [2.05, 4.69) is 10.3 Å². The van der Waals surface area contributed by atoms with Crippen molar-refractivity contribution in [2.45, 2.75) is 6.92 Å². The van der Waals surface area contributed by atoms with Crippen molar-refractivity contribution >= 4 is 34.7 Å². The number of benzene rings is 1. The second-order valence-corrected chi connectivity index (χ2v) is 4.78. The van der Waals surface area contributed by atoms with E-state index in [1.54, 1.807) is 12.1 Å². The first kappa shape index (κ1) is 15.3. The van der Waals surface area contributed by atoms with E-state index in [0.717, 1.165) is 0 Å². The standard InChI is InChI=1S/C13H11Cl2N3O3/c1-2-16-12-8(14)7-9(15)13(17-12)21-11-6-4-3-5-10(11)18(19)20/h3-7H,2H2,1H3,(H,16,17). The molecule has 6 nitrogen and oxygen atoms in total. The van der Waals surface area contributed by atoms with E-state index in [9.17, 15) is 10.1 Å². The Balaban J connectivity index is 2.40. The molecule has 0 bridgehead atoms. The molecule has 21 heavy (non-hydrogen) atoms. The highest BCUT2D eigenvalue weighted by Gasteiger charge is 2.17. The molecule has 1 N–H and O–H groups in total. The Morgan fingerprint density at radius 2 is 2.05 bits per heavy atom. The predicted molar refractivity (Wildman–Crippen MR) is 81.6 cm³/mol. The van der Waals surface area contributed by atoms with Gasteiger partial charge in [0.25, 0.3) is 0 Å². The summed E-state index contributed by atoms with van der Waals surface area (Å²) in [5, 5.41) is 14.4. The smallest absolute Gasteiger partial charge is 0.311 e. The van der Waals surface area contributed by atoms with Crippen LogP contribution in [0.1, 0.15) is 6.92 Å². The molecule has 0 aliphatic carbocycles. The Morgan fingerprint density at radius 1 is 1.33 bits per heavy atom. The Morgan fingerprint density at radius 3 is 2.71 bits per heavy atom. The first-order valence-electron chi connectivity index (χ1n) is 6.04. The number of ether oxygens (including phenoxy) is 1. The predicted octanol–water partition coefficient (Wildman–Crippen LogP) is 4.52. The van der Waals surface area contributed by atoms with E-state index >= 15 is 0 Å². The summed E-state index contributed by atoms with van der Waals surface area (Å²) in [6, 6.07) is 7.45. The Labute approximate surface area is 130 Å². The van der Waals surface area contributed by atoms with E-state index < -0.39 is 4.92 Å². The molecule has 0 unspecified atom stereocenters. The number of nitrogens with zero attached hydrogens (tertiary/aromatic N) is 2. The van der Waals surface area contributed by atoms with Crippen molar-refractivity contribution in [3.05, 3.63) is 50.5 Å². The van der Waals surface area contributed by atoms with Crippen LogP contribution in [-0.2, 0) is 0 Å². The van der Waals surface area contributed by atoms with Crippen LogP contribution in [0, 0.1) is 10.1 Å². The van der Waals surface area contributed by atoms with Crippen molar-refractivity contribution in [2.24, 2.45) is 0 Å². The minimum atomic E-state index is -0.537. The third-order valence-corrected chi connectivity index (χ3v) is 3.07. The zero-order valence-electron chi connectivity index (χ0n) is 11.0. The summed E-state index contributed by atoms with van der Waals surface area (Å²) in [4.78, 5) is 14.6. The monoisotopic (exact) mass is 327 g/mol. The number of nitro benzene ring substituents is 1. The summed E-state index contributed by atoms with van der Waals surface area (Å²) in [5.41, 5.74) is -0.171. The highest BCUT2D eigenvalue weighted by atomic mass is 35.5. The molecule has 0 fully saturated rings. The summed E-state index contributed by atoms with van der Waals surface area (Å²) >= 11 is 12.0. The van der Waals surface area contributed by atoms with E-state index in [1.807, 2.05) is 6.92 Å². The quantitative estimate of drug-likeness (QED) is 0.645. The van der Waals surface area contributed by atoms with Gasteiger partial charge in [-0.25, -0.2) is 0 Å². The van der Waals surface area contributed by atoms with Gasteiger partial charge in [0.05, 0.1) is 9.95 Å². The average molecular weight is 328 g/mol. The molecule has 1 aromatic carbocycles. The lowest BCUT2D eigenvalue weighted by Crippen LogP contribution is -2.02. The normalized spacial score (nSPS) is 10.2. The summed E-state index contributed by atoms with van der Waals surface area (Å²) < 4.78 is 5.46. The molecule has 0 aliphatic heterocycles. The molecule has 2 aromatic rings. The molecule has 0 aliphatic rings. The summed E-state index contributed by atoms with van der Waals surface area (Å²) in [5.74, 6) is 0.505. The van der Waals surface area contributed by atoms with Crippen molar-refractivity contribution in [3.8, 4) is 11.6 Å². The van der Waals surface area contributed by atoms with Crippen LogP contribution >= 0.6 is 23.2 Å². The number of para-hydroxylation sites is 2. The zero-order valence-corrected chi connectivity index (χ0v) is 12.5. The van der Waals surface area contributed by atoms with Crippen LogP contribution in [-0.4, -0.2) is 16.5 Å². The van der Waals surface area contributed by atoms with Crippen molar-refractivity contribution < 1.29 is 9.66 Å². The van der Waals surface area contributed by atoms with Crippen LogP contribution in [0.4, 0.5) is 11.5 Å². The molecule has 1 aromatic heterocycles. The fourth-order valence-corrected chi connectivity index (χ4v) is 2.08. The molecule has 0 amide bonds. The second-order valence-electron chi connectivity index (χ2n) is 3.96. The third kappa shape index (κ3) is 3.53. The molecule has 0 spiro atoms. The molecule has 0 atom stereocenters. The average Bonchev–Trinajstić information content (AvgIpc) is 2.44. The molecule has 110 valence electrons. The van der Waals surface area contributed by atoms with E-state index in [1.165, 1.54) is 18.2 Å². The topological polar surface area (TPSA) is 77.3 Å². The molecular formula is C13H11Cl2N3O3. The molecule has 1 heterocycles. The number of pyridine rings is 1. The van der Waals surface area contributed by atoms with E-state index in [0.29, 0.717) is 17.4 Å². The van der Waals surface area contributed by atoms with Crippen molar-refractivity contribution in [3.63, 3.8) is 0 Å². The molecule has 2 rings (SSSR count). The van der Waals surface area contributed by atoms with Gasteiger partial charge in [0.2, 0.25) is 11.6 Å². The highest BCUT2D eigenvalue weighted by Crippen LogP contribution is 2.36. The van der Waals surface area contributed by atoms with Gasteiger partial charge in [0.1, 0.15) is 10.8 Å². The first-order chi connectivity index (χ1) is 10.0. The number of hydrogen-bond acceptors (Lipinski definition) is 5. The lowest BCUT2D eigenvalue weighted by molar-refractivity contribution is -0.385. The molecule has 0 saturated heterocycles. The number of anilines is 1. The summed E-state index contributed by atoms with van der Waals surface area (Å²) in [6.45, 7) is 2.49. The van der Waals surface area contributed by atoms with Crippen LogP contribution < -0.4 is 10.1 Å². The van der Waals surface area contributed by atoms with Gasteiger partial charge in [-0.15, -0.1) is 0 Å². The molecule has 0 saturated carbocycles. The fourth-order valence-electron chi connectivity index (χ4n) is 1.61. The van der Waals surface area contributed by atoms with Crippen LogP contribution in [0.3, 0.4) is 0 Å². The molecule has 0 radical (unpaired) electrons. The van der Waals surface area contributed by atoms with Crippen molar-refractivity contribution in [1.29, 1.82) is 0 Å². The van der Waals surface area contributed by atoms with Crippen molar-refractivity contribution in [2.75, 3.05) is 11.9 Å². The SMILES string of the molecule is CCNc1nc(Oc2ccccc2[N+](=O)[O-])c(Cl)cc1Cl. The second kappa shape index (κ2) is 6.60. The van der Waals surface area contributed by atoms with Crippen LogP contribution in [0.15, 0.2) is 30.3 Å². The lowest BCUT2D eigenvalue weighted by Gasteiger charge is -2.10. The van der Waals surface area contributed by atoms with Gasteiger partial charge in [0.15, 0.2) is 0 Å². The Hall–Kier alpha value is -2.05. The number of hydrogen-bond donors (Lipinski definition) is 1. The van der Waals surface area contributed by atoms with Crippen LogP contribution in [0.25, 0.3) is 0 Å². The number of nitrogens with one attached hydrogen (secondary N) is 1. The van der Waals surface area contributed by atoms with Gasteiger partial charge in [-0.05, 0) is 19.1 Å². The number of halogens is 2.